The number of phosphoric acid groups is 1. The van der Waals surface area contributed by atoms with E-state index in [1.807, 2.05) is 0 Å². The quantitative estimate of drug-likeness (QED) is 0.428. The van der Waals surface area contributed by atoms with Crippen molar-refractivity contribution in [1.82, 2.24) is 0 Å². The van der Waals surface area contributed by atoms with E-state index in [-0.39, 0.29) is 30.4 Å². The molecule has 0 aliphatic carbocycles. The van der Waals surface area contributed by atoms with Gasteiger partial charge in [-0.2, -0.15) is 0 Å². The van der Waals surface area contributed by atoms with E-state index in [9.17, 15) is 9.46 Å². The maximum atomic E-state index is 11.4. The molecule has 0 heterocycles. The lowest BCUT2D eigenvalue weighted by Gasteiger charge is -2.19. The van der Waals surface area contributed by atoms with E-state index in [4.69, 9.17) is 42.3 Å². The molecular formula is C11H21Cl2O7P. The number of aliphatic hydroxyl groups excluding tert-OH is 1. The first-order valence-corrected chi connectivity index (χ1v) is 8.45. The van der Waals surface area contributed by atoms with Crippen molar-refractivity contribution in [2.75, 3.05) is 19.8 Å². The third-order valence-electron chi connectivity index (χ3n) is 1.98. The van der Waals surface area contributed by atoms with Gasteiger partial charge >= 0.3 is 7.82 Å². The predicted octanol–water partition coefficient (Wildman–Crippen LogP) is 2.59. The van der Waals surface area contributed by atoms with Crippen molar-refractivity contribution in [2.24, 2.45) is 0 Å². The maximum Gasteiger partial charge on any atom is 0.527 e. The predicted molar refractivity (Wildman–Crippen MR) is 79.2 cm³/mol. The van der Waals surface area contributed by atoms with E-state index in [1.165, 1.54) is 0 Å². The standard InChI is InChI=1S/C11H21Cl2O7P/c1-8(14)4-17-9(2)5-18-10(3)6-19-21(15,16)20-7-11(12)13/h7-10,14H,4-6H2,1-3H3,(H,15,16). The van der Waals surface area contributed by atoms with Crippen LogP contribution in [0.15, 0.2) is 10.8 Å². The molecule has 0 aliphatic rings. The van der Waals surface area contributed by atoms with Crippen molar-refractivity contribution in [2.45, 2.75) is 39.1 Å². The number of rotatable bonds is 11. The molecule has 7 nitrogen and oxygen atoms in total. The molecule has 0 aliphatic heterocycles. The van der Waals surface area contributed by atoms with Crippen LogP contribution in [0.3, 0.4) is 0 Å². The second-order valence-corrected chi connectivity index (χ2v) is 6.83. The van der Waals surface area contributed by atoms with E-state index >= 15 is 0 Å². The van der Waals surface area contributed by atoms with Crippen LogP contribution >= 0.6 is 31.0 Å². The molecule has 4 unspecified atom stereocenters. The molecule has 0 spiro atoms. The van der Waals surface area contributed by atoms with E-state index in [0.29, 0.717) is 6.26 Å². The highest BCUT2D eigenvalue weighted by atomic mass is 35.5. The third kappa shape index (κ3) is 13.5. The normalized spacial score (nSPS) is 18.4. The highest BCUT2D eigenvalue weighted by molar-refractivity contribution is 7.47. The van der Waals surface area contributed by atoms with Gasteiger partial charge in [-0.1, -0.05) is 23.2 Å². The zero-order chi connectivity index (χ0) is 16.5. The minimum Gasteiger partial charge on any atom is -0.410 e. The van der Waals surface area contributed by atoms with Crippen LogP contribution < -0.4 is 0 Å². The second-order valence-electron chi connectivity index (χ2n) is 4.41. The van der Waals surface area contributed by atoms with Gasteiger partial charge in [0, 0.05) is 0 Å². The number of hydrogen-bond acceptors (Lipinski definition) is 6. The summed E-state index contributed by atoms with van der Waals surface area (Å²) in [5, 5.41) is 9.06. The van der Waals surface area contributed by atoms with Crippen LogP contribution in [0.2, 0.25) is 0 Å². The van der Waals surface area contributed by atoms with Crippen LogP contribution in [0, 0.1) is 0 Å². The van der Waals surface area contributed by atoms with Gasteiger partial charge in [0.1, 0.15) is 10.8 Å². The molecule has 0 fully saturated rings. The Balaban J connectivity index is 3.91. The summed E-state index contributed by atoms with van der Waals surface area (Å²) in [5.74, 6) is 0. The lowest BCUT2D eigenvalue weighted by molar-refractivity contribution is -0.0616. The van der Waals surface area contributed by atoms with Crippen molar-refractivity contribution >= 4 is 31.0 Å². The van der Waals surface area contributed by atoms with Gasteiger partial charge in [0.15, 0.2) is 0 Å². The smallest absolute Gasteiger partial charge is 0.410 e. The number of aliphatic hydroxyl groups is 1. The summed E-state index contributed by atoms with van der Waals surface area (Å²) in [5.41, 5.74) is 0. The van der Waals surface area contributed by atoms with Crippen LogP contribution in [-0.4, -0.2) is 48.1 Å². The van der Waals surface area contributed by atoms with E-state index in [1.54, 1.807) is 20.8 Å². The lowest BCUT2D eigenvalue weighted by atomic mass is 10.4. The largest absolute Gasteiger partial charge is 0.527 e. The maximum absolute atomic E-state index is 11.4. The topological polar surface area (TPSA) is 94.5 Å². The van der Waals surface area contributed by atoms with E-state index in [0.717, 1.165) is 0 Å². The Morgan fingerprint density at radius 2 is 1.67 bits per heavy atom. The molecule has 4 atom stereocenters. The van der Waals surface area contributed by atoms with E-state index < -0.39 is 20.0 Å². The molecule has 21 heavy (non-hydrogen) atoms. The Kier molecular flexibility index (Phi) is 10.9. The van der Waals surface area contributed by atoms with Crippen LogP contribution in [0.1, 0.15) is 20.8 Å². The summed E-state index contributed by atoms with van der Waals surface area (Å²) in [6.45, 7) is 5.35. The van der Waals surface area contributed by atoms with Gasteiger partial charge in [0.05, 0.1) is 38.1 Å². The first kappa shape index (κ1) is 21.1. The van der Waals surface area contributed by atoms with Gasteiger partial charge in [-0.25, -0.2) is 4.57 Å². The van der Waals surface area contributed by atoms with Gasteiger partial charge in [-0.15, -0.1) is 0 Å². The van der Waals surface area contributed by atoms with Crippen LogP contribution in [0.5, 0.6) is 0 Å². The van der Waals surface area contributed by atoms with Crippen LogP contribution in [-0.2, 0) is 23.1 Å². The number of phosphoric ester groups is 1. The van der Waals surface area contributed by atoms with Gasteiger partial charge in [0.25, 0.3) is 0 Å². The van der Waals surface area contributed by atoms with E-state index in [2.05, 4.69) is 4.52 Å². The third-order valence-corrected chi connectivity index (χ3v) is 3.01. The minimum atomic E-state index is -4.26. The summed E-state index contributed by atoms with van der Waals surface area (Å²) in [6.07, 6.45) is -0.520. The van der Waals surface area contributed by atoms with Crippen molar-refractivity contribution < 1.29 is 33.1 Å². The van der Waals surface area contributed by atoms with Crippen LogP contribution in [0.25, 0.3) is 0 Å². The average Bonchev–Trinajstić information content (AvgIpc) is 2.38. The fourth-order valence-electron chi connectivity index (χ4n) is 1.04. The summed E-state index contributed by atoms with van der Waals surface area (Å²) < 4.78 is 30.8. The highest BCUT2D eigenvalue weighted by Crippen LogP contribution is 2.44. The molecule has 126 valence electrons. The van der Waals surface area contributed by atoms with Gasteiger partial charge in [-0.05, 0) is 20.8 Å². The Morgan fingerprint density at radius 3 is 2.19 bits per heavy atom. The molecule has 0 saturated carbocycles. The molecule has 0 amide bonds. The molecule has 0 aromatic carbocycles. The van der Waals surface area contributed by atoms with Crippen LogP contribution in [0.4, 0.5) is 0 Å². The Morgan fingerprint density at radius 1 is 1.14 bits per heavy atom. The fourth-order valence-corrected chi connectivity index (χ4v) is 1.95. The van der Waals surface area contributed by atoms with Gasteiger partial charge < -0.3 is 19.1 Å². The molecule has 0 radical (unpaired) electrons. The summed E-state index contributed by atoms with van der Waals surface area (Å²) in [4.78, 5) is 9.28. The first-order chi connectivity index (χ1) is 9.62. The Hall–Kier alpha value is 0.150. The first-order valence-electron chi connectivity index (χ1n) is 6.20. The fraction of sp³-hybridized carbons (Fsp3) is 0.818. The molecule has 0 bridgehead atoms. The van der Waals surface area contributed by atoms with Crippen molar-refractivity contribution in [3.63, 3.8) is 0 Å². The number of ether oxygens (including phenoxy) is 2. The van der Waals surface area contributed by atoms with Crippen molar-refractivity contribution in [3.8, 4) is 0 Å². The zero-order valence-electron chi connectivity index (χ0n) is 12.1. The molecular weight excluding hydrogens is 346 g/mol. The molecule has 2 N–H and O–H groups in total. The molecule has 0 saturated heterocycles. The Bertz CT molecular complexity index is 360. The van der Waals surface area contributed by atoms with Gasteiger partial charge in [0.2, 0.25) is 0 Å². The Labute approximate surface area is 134 Å². The molecule has 0 aromatic rings. The number of hydrogen-bond donors (Lipinski definition) is 2. The SMILES string of the molecule is CC(O)COC(C)COC(C)COP(=O)(O)OC=C(Cl)Cl. The number of halogens is 2. The summed E-state index contributed by atoms with van der Waals surface area (Å²) in [6, 6.07) is 0. The highest BCUT2D eigenvalue weighted by Gasteiger charge is 2.22. The molecule has 10 heteroatoms. The van der Waals surface area contributed by atoms with Crippen molar-refractivity contribution in [3.05, 3.63) is 10.8 Å². The van der Waals surface area contributed by atoms with Crippen molar-refractivity contribution in [1.29, 1.82) is 0 Å². The monoisotopic (exact) mass is 366 g/mol. The average molecular weight is 367 g/mol. The lowest BCUT2D eigenvalue weighted by Crippen LogP contribution is -2.25. The molecule has 0 rings (SSSR count). The molecule has 0 aromatic heterocycles. The van der Waals surface area contributed by atoms with Gasteiger partial charge in [-0.3, -0.25) is 9.42 Å². The minimum absolute atomic E-state index is 0.162. The second kappa shape index (κ2) is 10.8. The summed E-state index contributed by atoms with van der Waals surface area (Å²) >= 11 is 10.5. The zero-order valence-corrected chi connectivity index (χ0v) is 14.5. The summed E-state index contributed by atoms with van der Waals surface area (Å²) in [7, 11) is -4.26.